The van der Waals surface area contributed by atoms with Crippen LogP contribution in [0.5, 0.6) is 0 Å². The first-order valence-corrected chi connectivity index (χ1v) is 12.5. The minimum absolute atomic E-state index is 0.200. The second-order valence-corrected chi connectivity index (χ2v) is 10.1. The summed E-state index contributed by atoms with van der Waals surface area (Å²) < 4.78 is 34.3. The second-order valence-electron chi connectivity index (χ2n) is 8.14. The number of morpholine rings is 1. The van der Waals surface area contributed by atoms with Gasteiger partial charge in [0.2, 0.25) is 15.9 Å². The third-order valence-corrected chi connectivity index (χ3v) is 7.67. The summed E-state index contributed by atoms with van der Waals surface area (Å²) in [5.74, 6) is -0.200. The highest BCUT2D eigenvalue weighted by Gasteiger charge is 2.26. The number of nitrogens with one attached hydrogen (secondary N) is 1. The number of nitrogens with zero attached hydrogens (tertiary/aromatic N) is 2. The quantitative estimate of drug-likeness (QED) is 0.550. The van der Waals surface area contributed by atoms with E-state index in [9.17, 15) is 13.2 Å². The molecule has 1 heterocycles. The second kappa shape index (κ2) is 10.4. The lowest BCUT2D eigenvalue weighted by Crippen LogP contribution is -2.42. The van der Waals surface area contributed by atoms with Crippen LogP contribution >= 0.6 is 0 Å². The molecule has 0 unspecified atom stereocenters. The number of carbonyl (C=O) groups excluding carboxylic acids is 1. The van der Waals surface area contributed by atoms with E-state index < -0.39 is 10.0 Å². The predicted molar refractivity (Wildman–Crippen MR) is 130 cm³/mol. The predicted octanol–water partition coefficient (Wildman–Crippen LogP) is 3.32. The highest BCUT2D eigenvalue weighted by atomic mass is 32.2. The summed E-state index contributed by atoms with van der Waals surface area (Å²) in [5.41, 5.74) is 1.53. The molecule has 0 bridgehead atoms. The molecule has 0 saturated carbocycles. The lowest BCUT2D eigenvalue weighted by Gasteiger charge is -2.30. The highest BCUT2D eigenvalue weighted by Crippen LogP contribution is 2.24. The summed E-state index contributed by atoms with van der Waals surface area (Å²) in [6, 6.07) is 20.3. The molecule has 1 amide bonds. The van der Waals surface area contributed by atoms with E-state index in [1.165, 1.54) is 6.92 Å². The molecule has 174 valence electrons. The Balaban J connectivity index is 1.62. The standard InChI is InChI=1S/C25H29N3O4S/c1-20(29)26-23-9-11-24(12-10-23)33(30,31)28(14-13-27-15-17-32-18-16-27)19-22-7-4-6-21-5-2-3-8-25(21)22/h2-12H,13-19H2,1H3,(H,26,29). The molecule has 1 aliphatic rings. The average molecular weight is 468 g/mol. The van der Waals surface area contributed by atoms with Gasteiger partial charge in [0.15, 0.2) is 0 Å². The van der Waals surface area contributed by atoms with E-state index in [-0.39, 0.29) is 17.3 Å². The molecular weight excluding hydrogens is 438 g/mol. The van der Waals surface area contributed by atoms with Crippen LogP contribution in [0, 0.1) is 0 Å². The largest absolute Gasteiger partial charge is 0.379 e. The molecule has 33 heavy (non-hydrogen) atoms. The number of amides is 1. The number of anilines is 1. The SMILES string of the molecule is CC(=O)Nc1ccc(S(=O)(=O)N(CCN2CCOCC2)Cc2cccc3ccccc23)cc1. The maximum absolute atomic E-state index is 13.7. The van der Waals surface area contributed by atoms with Crippen molar-refractivity contribution in [2.75, 3.05) is 44.7 Å². The van der Waals surface area contributed by atoms with Gasteiger partial charge < -0.3 is 10.1 Å². The normalized spacial score (nSPS) is 15.1. The van der Waals surface area contributed by atoms with Crippen molar-refractivity contribution in [3.63, 3.8) is 0 Å². The van der Waals surface area contributed by atoms with Crippen LogP contribution in [-0.2, 0) is 26.1 Å². The molecule has 7 nitrogen and oxygen atoms in total. The fraction of sp³-hybridized carbons (Fsp3) is 0.320. The fourth-order valence-corrected chi connectivity index (χ4v) is 5.45. The number of fused-ring (bicyclic) bond motifs is 1. The molecule has 1 N–H and O–H groups in total. The van der Waals surface area contributed by atoms with Crippen molar-refractivity contribution in [1.29, 1.82) is 0 Å². The summed E-state index contributed by atoms with van der Waals surface area (Å²) in [7, 11) is -3.75. The van der Waals surface area contributed by atoms with Gasteiger partial charge in [-0.3, -0.25) is 9.69 Å². The molecular formula is C25H29N3O4S. The Labute approximate surface area is 195 Å². The van der Waals surface area contributed by atoms with Crippen molar-refractivity contribution in [2.45, 2.75) is 18.4 Å². The zero-order chi connectivity index (χ0) is 23.3. The zero-order valence-electron chi connectivity index (χ0n) is 18.7. The molecule has 3 aromatic carbocycles. The molecule has 0 aliphatic carbocycles. The Morgan fingerprint density at radius 3 is 2.42 bits per heavy atom. The van der Waals surface area contributed by atoms with Crippen molar-refractivity contribution in [3.05, 3.63) is 72.3 Å². The highest BCUT2D eigenvalue weighted by molar-refractivity contribution is 7.89. The van der Waals surface area contributed by atoms with Crippen LogP contribution in [0.15, 0.2) is 71.6 Å². The molecule has 1 saturated heterocycles. The summed E-state index contributed by atoms with van der Waals surface area (Å²) in [6.45, 7) is 5.64. The average Bonchev–Trinajstić information content (AvgIpc) is 2.82. The fourth-order valence-electron chi connectivity index (χ4n) is 4.04. The minimum atomic E-state index is -3.75. The van der Waals surface area contributed by atoms with Crippen LogP contribution in [0.4, 0.5) is 5.69 Å². The Hall–Kier alpha value is -2.78. The molecule has 0 radical (unpaired) electrons. The van der Waals surface area contributed by atoms with Gasteiger partial charge in [-0.15, -0.1) is 0 Å². The van der Waals surface area contributed by atoms with Gasteiger partial charge in [0.25, 0.3) is 0 Å². The molecule has 1 aliphatic heterocycles. The Morgan fingerprint density at radius 2 is 1.70 bits per heavy atom. The van der Waals surface area contributed by atoms with Crippen molar-refractivity contribution in [2.24, 2.45) is 0 Å². The number of ether oxygens (including phenoxy) is 1. The van der Waals surface area contributed by atoms with Gasteiger partial charge in [0.05, 0.1) is 18.1 Å². The number of sulfonamides is 1. The topological polar surface area (TPSA) is 79.0 Å². The number of benzene rings is 3. The Kier molecular flexibility index (Phi) is 7.39. The first-order chi connectivity index (χ1) is 15.9. The third kappa shape index (κ3) is 5.78. The smallest absolute Gasteiger partial charge is 0.243 e. The lowest BCUT2D eigenvalue weighted by atomic mass is 10.0. The van der Waals surface area contributed by atoms with Crippen LogP contribution in [0.1, 0.15) is 12.5 Å². The molecule has 0 atom stereocenters. The van der Waals surface area contributed by atoms with E-state index in [0.29, 0.717) is 32.0 Å². The maximum atomic E-state index is 13.7. The summed E-state index contributed by atoms with van der Waals surface area (Å²) >= 11 is 0. The first kappa shape index (κ1) is 23.4. The maximum Gasteiger partial charge on any atom is 0.243 e. The van der Waals surface area contributed by atoms with E-state index in [1.807, 2.05) is 42.5 Å². The number of hydrogen-bond donors (Lipinski definition) is 1. The van der Waals surface area contributed by atoms with E-state index in [2.05, 4.69) is 10.2 Å². The van der Waals surface area contributed by atoms with Crippen molar-refractivity contribution in [3.8, 4) is 0 Å². The van der Waals surface area contributed by atoms with Gasteiger partial charge in [-0.05, 0) is 40.6 Å². The van der Waals surface area contributed by atoms with Crippen molar-refractivity contribution < 1.29 is 17.9 Å². The molecule has 8 heteroatoms. The van der Waals surface area contributed by atoms with E-state index in [4.69, 9.17) is 4.74 Å². The molecule has 4 rings (SSSR count). The van der Waals surface area contributed by atoms with Gasteiger partial charge in [0, 0.05) is 45.3 Å². The monoisotopic (exact) mass is 467 g/mol. The van der Waals surface area contributed by atoms with Gasteiger partial charge in [-0.25, -0.2) is 8.42 Å². The van der Waals surface area contributed by atoms with Crippen LogP contribution in [0.25, 0.3) is 10.8 Å². The molecule has 0 spiro atoms. The van der Waals surface area contributed by atoms with Crippen LogP contribution in [0.3, 0.4) is 0 Å². The lowest BCUT2D eigenvalue weighted by molar-refractivity contribution is -0.114. The van der Waals surface area contributed by atoms with E-state index in [0.717, 1.165) is 29.4 Å². The van der Waals surface area contributed by atoms with Gasteiger partial charge in [-0.1, -0.05) is 42.5 Å². The number of carbonyl (C=O) groups is 1. The minimum Gasteiger partial charge on any atom is -0.379 e. The number of hydrogen-bond acceptors (Lipinski definition) is 5. The van der Waals surface area contributed by atoms with Crippen molar-refractivity contribution >= 4 is 32.4 Å². The van der Waals surface area contributed by atoms with Gasteiger partial charge >= 0.3 is 0 Å². The van der Waals surface area contributed by atoms with E-state index in [1.54, 1.807) is 28.6 Å². The molecule has 0 aromatic heterocycles. The summed E-state index contributed by atoms with van der Waals surface area (Å²) in [4.78, 5) is 13.7. The molecule has 3 aromatic rings. The number of rotatable bonds is 8. The molecule has 1 fully saturated rings. The van der Waals surface area contributed by atoms with Gasteiger partial charge in [-0.2, -0.15) is 4.31 Å². The first-order valence-electron chi connectivity index (χ1n) is 11.1. The summed E-state index contributed by atoms with van der Waals surface area (Å²) in [6.07, 6.45) is 0. The Morgan fingerprint density at radius 1 is 1.00 bits per heavy atom. The Bertz CT molecular complexity index is 1200. The van der Waals surface area contributed by atoms with Crippen LogP contribution in [0.2, 0.25) is 0 Å². The van der Waals surface area contributed by atoms with Gasteiger partial charge in [0.1, 0.15) is 0 Å². The summed E-state index contributed by atoms with van der Waals surface area (Å²) in [5, 5.41) is 4.81. The van der Waals surface area contributed by atoms with Crippen molar-refractivity contribution in [1.82, 2.24) is 9.21 Å². The van der Waals surface area contributed by atoms with Crippen LogP contribution < -0.4 is 5.32 Å². The van der Waals surface area contributed by atoms with Crippen LogP contribution in [-0.4, -0.2) is 62.9 Å². The van der Waals surface area contributed by atoms with E-state index >= 15 is 0 Å². The third-order valence-electron chi connectivity index (χ3n) is 5.81. The zero-order valence-corrected chi connectivity index (χ0v) is 19.6.